The highest BCUT2D eigenvalue weighted by molar-refractivity contribution is 7.90. The summed E-state index contributed by atoms with van der Waals surface area (Å²) in [7, 11) is -3.11. The van der Waals surface area contributed by atoms with Gasteiger partial charge in [0.1, 0.15) is 9.84 Å². The lowest BCUT2D eigenvalue weighted by atomic mass is 9.99. The minimum atomic E-state index is -3.11. The summed E-state index contributed by atoms with van der Waals surface area (Å²) in [6.07, 6.45) is 1.19. The third-order valence-corrected chi connectivity index (χ3v) is 4.94. The van der Waals surface area contributed by atoms with Crippen molar-refractivity contribution in [3.05, 3.63) is 35.4 Å². The summed E-state index contributed by atoms with van der Waals surface area (Å²) in [6, 6.07) is 7.65. The monoisotopic (exact) mass is 340 g/mol. The molecule has 0 aromatic heterocycles. The van der Waals surface area contributed by atoms with Crippen molar-refractivity contribution in [2.24, 2.45) is 0 Å². The fraction of sp³-hybridized carbons (Fsp3) is 0.588. The maximum absolute atomic E-state index is 12.3. The van der Waals surface area contributed by atoms with E-state index in [0.717, 1.165) is 0 Å². The molecule has 0 unspecified atom stereocenters. The Morgan fingerprint density at radius 1 is 1.30 bits per heavy atom. The molecule has 1 aromatic rings. The van der Waals surface area contributed by atoms with Crippen LogP contribution in [0, 0.1) is 6.92 Å². The van der Waals surface area contributed by atoms with Crippen LogP contribution >= 0.6 is 0 Å². The van der Waals surface area contributed by atoms with Crippen molar-refractivity contribution in [2.45, 2.75) is 39.7 Å². The first-order chi connectivity index (χ1) is 10.6. The Hall–Kier alpha value is -1.56. The first-order valence-corrected chi connectivity index (χ1v) is 9.98. The topological polar surface area (TPSA) is 66.5 Å². The largest absolute Gasteiger partial charge is 0.337 e. The van der Waals surface area contributed by atoms with Gasteiger partial charge in [0.25, 0.3) is 0 Å². The predicted molar refractivity (Wildman–Crippen MR) is 94.5 cm³/mol. The lowest BCUT2D eigenvalue weighted by Crippen LogP contribution is -2.48. The molecular formula is C17H28N2O3S. The van der Waals surface area contributed by atoms with E-state index < -0.39 is 9.84 Å². The van der Waals surface area contributed by atoms with Gasteiger partial charge in [-0.25, -0.2) is 13.2 Å². The zero-order chi connectivity index (χ0) is 17.6. The van der Waals surface area contributed by atoms with Crippen LogP contribution in [0.25, 0.3) is 0 Å². The molecule has 0 radical (unpaired) electrons. The third kappa shape index (κ3) is 6.60. The molecule has 5 nitrogen and oxygen atoms in total. The van der Waals surface area contributed by atoms with Crippen LogP contribution in [0.3, 0.4) is 0 Å². The van der Waals surface area contributed by atoms with Crippen molar-refractivity contribution in [1.82, 2.24) is 10.2 Å². The standard InChI is InChI=1S/C17H28N2O3S/c1-6-19(15(4)12-23(5,21)22)17(20)18-11-14(3)16-9-7-8-13(2)10-16/h7-10,14-15H,6,11-12H2,1-5H3,(H,18,20)/t14-,15+/m0/s1. The quantitative estimate of drug-likeness (QED) is 0.829. The van der Waals surface area contributed by atoms with Gasteiger partial charge in [-0.3, -0.25) is 0 Å². The summed E-state index contributed by atoms with van der Waals surface area (Å²) >= 11 is 0. The number of carbonyl (C=O) groups is 1. The molecule has 1 rings (SSSR count). The molecule has 0 fully saturated rings. The molecule has 2 amide bonds. The summed E-state index contributed by atoms with van der Waals surface area (Å²) in [5.74, 6) is 0.171. The average molecular weight is 340 g/mol. The van der Waals surface area contributed by atoms with Gasteiger partial charge in [0, 0.05) is 25.4 Å². The van der Waals surface area contributed by atoms with E-state index >= 15 is 0 Å². The molecule has 1 aromatic carbocycles. The zero-order valence-electron chi connectivity index (χ0n) is 14.7. The van der Waals surface area contributed by atoms with Crippen molar-refractivity contribution in [3.8, 4) is 0 Å². The fourth-order valence-corrected chi connectivity index (χ4v) is 3.68. The molecular weight excluding hydrogens is 312 g/mol. The molecule has 0 aliphatic carbocycles. The van der Waals surface area contributed by atoms with Crippen LogP contribution in [-0.4, -0.2) is 50.5 Å². The molecule has 0 saturated heterocycles. The number of benzene rings is 1. The van der Waals surface area contributed by atoms with Crippen LogP contribution in [0.2, 0.25) is 0 Å². The van der Waals surface area contributed by atoms with Gasteiger partial charge in [-0.2, -0.15) is 0 Å². The molecule has 0 heterocycles. The second-order valence-electron chi connectivity index (χ2n) is 6.23. The predicted octanol–water partition coefficient (Wildman–Crippen LogP) is 2.56. The molecule has 0 aliphatic rings. The highest BCUT2D eigenvalue weighted by Gasteiger charge is 2.22. The van der Waals surface area contributed by atoms with Gasteiger partial charge in [-0.05, 0) is 32.3 Å². The van der Waals surface area contributed by atoms with E-state index in [-0.39, 0.29) is 23.7 Å². The molecule has 0 aliphatic heterocycles. The molecule has 6 heteroatoms. The number of amides is 2. The van der Waals surface area contributed by atoms with Gasteiger partial charge in [0.05, 0.1) is 5.75 Å². The number of nitrogens with zero attached hydrogens (tertiary/aromatic N) is 1. The molecule has 23 heavy (non-hydrogen) atoms. The first-order valence-electron chi connectivity index (χ1n) is 7.92. The number of rotatable bonds is 7. The summed E-state index contributed by atoms with van der Waals surface area (Å²) in [5, 5.41) is 2.91. The normalized spacial score (nSPS) is 14.1. The lowest BCUT2D eigenvalue weighted by molar-refractivity contribution is 0.187. The van der Waals surface area contributed by atoms with Gasteiger partial charge < -0.3 is 10.2 Å². The van der Waals surface area contributed by atoms with E-state index in [1.807, 2.05) is 32.0 Å². The summed E-state index contributed by atoms with van der Waals surface area (Å²) in [5.41, 5.74) is 2.37. The number of sulfone groups is 1. The Bertz CT molecular complexity index is 628. The SMILES string of the molecule is CCN(C(=O)NC[C@H](C)c1cccc(C)c1)[C@H](C)CS(C)(=O)=O. The molecule has 2 atom stereocenters. The smallest absolute Gasteiger partial charge is 0.317 e. The summed E-state index contributed by atoms with van der Waals surface area (Å²) < 4.78 is 22.8. The van der Waals surface area contributed by atoms with E-state index in [9.17, 15) is 13.2 Å². The van der Waals surface area contributed by atoms with E-state index in [1.165, 1.54) is 17.4 Å². The van der Waals surface area contributed by atoms with Gasteiger partial charge in [-0.1, -0.05) is 36.8 Å². The molecule has 0 spiro atoms. The van der Waals surface area contributed by atoms with Crippen molar-refractivity contribution >= 4 is 15.9 Å². The Morgan fingerprint density at radius 2 is 1.96 bits per heavy atom. The average Bonchev–Trinajstić information content (AvgIpc) is 2.43. The van der Waals surface area contributed by atoms with Crippen LogP contribution in [0.4, 0.5) is 4.79 Å². The number of carbonyl (C=O) groups excluding carboxylic acids is 1. The maximum Gasteiger partial charge on any atom is 0.317 e. The van der Waals surface area contributed by atoms with Crippen molar-refractivity contribution < 1.29 is 13.2 Å². The van der Waals surface area contributed by atoms with Crippen LogP contribution < -0.4 is 5.32 Å². The minimum absolute atomic E-state index is 0.0261. The number of hydrogen-bond acceptors (Lipinski definition) is 3. The summed E-state index contributed by atoms with van der Waals surface area (Å²) in [6.45, 7) is 8.70. The lowest BCUT2D eigenvalue weighted by Gasteiger charge is -2.28. The summed E-state index contributed by atoms with van der Waals surface area (Å²) in [4.78, 5) is 13.9. The van der Waals surface area contributed by atoms with E-state index in [4.69, 9.17) is 0 Å². The van der Waals surface area contributed by atoms with Crippen molar-refractivity contribution in [1.29, 1.82) is 0 Å². The number of nitrogens with one attached hydrogen (secondary N) is 1. The molecule has 130 valence electrons. The molecule has 1 N–H and O–H groups in total. The second-order valence-corrected chi connectivity index (χ2v) is 8.41. The first kappa shape index (κ1) is 19.5. The number of urea groups is 1. The van der Waals surface area contributed by atoms with Gasteiger partial charge in [0.2, 0.25) is 0 Å². The van der Waals surface area contributed by atoms with Crippen LogP contribution in [-0.2, 0) is 9.84 Å². The fourth-order valence-electron chi connectivity index (χ4n) is 2.62. The van der Waals surface area contributed by atoms with Gasteiger partial charge >= 0.3 is 6.03 Å². The number of aryl methyl sites for hydroxylation is 1. The number of hydrogen-bond donors (Lipinski definition) is 1. The van der Waals surface area contributed by atoms with Crippen molar-refractivity contribution in [3.63, 3.8) is 0 Å². The van der Waals surface area contributed by atoms with Crippen LogP contribution in [0.15, 0.2) is 24.3 Å². The highest BCUT2D eigenvalue weighted by atomic mass is 32.2. The van der Waals surface area contributed by atoms with Crippen molar-refractivity contribution in [2.75, 3.05) is 25.1 Å². The molecule has 0 bridgehead atoms. The van der Waals surface area contributed by atoms with E-state index in [0.29, 0.717) is 13.1 Å². The highest BCUT2D eigenvalue weighted by Crippen LogP contribution is 2.15. The van der Waals surface area contributed by atoms with Gasteiger partial charge in [-0.15, -0.1) is 0 Å². The Labute approximate surface area is 140 Å². The van der Waals surface area contributed by atoms with Gasteiger partial charge in [0.15, 0.2) is 0 Å². The van der Waals surface area contributed by atoms with Crippen LogP contribution in [0.5, 0.6) is 0 Å². The van der Waals surface area contributed by atoms with E-state index in [2.05, 4.69) is 18.3 Å². The second kappa shape index (κ2) is 8.34. The Kier molecular flexibility index (Phi) is 7.06. The Morgan fingerprint density at radius 3 is 2.48 bits per heavy atom. The minimum Gasteiger partial charge on any atom is -0.337 e. The Balaban J connectivity index is 2.63. The van der Waals surface area contributed by atoms with Crippen LogP contribution in [0.1, 0.15) is 37.8 Å². The molecule has 0 saturated carbocycles. The zero-order valence-corrected chi connectivity index (χ0v) is 15.5. The van der Waals surface area contributed by atoms with E-state index in [1.54, 1.807) is 11.8 Å². The third-order valence-electron chi connectivity index (χ3n) is 3.85. The maximum atomic E-state index is 12.3.